The summed E-state index contributed by atoms with van der Waals surface area (Å²) >= 11 is 0. The van der Waals surface area contributed by atoms with Gasteiger partial charge in [-0.3, -0.25) is 0 Å². The smallest absolute Gasteiger partial charge is 0.0217 e. The lowest BCUT2D eigenvalue weighted by atomic mass is 10.2. The van der Waals surface area contributed by atoms with Gasteiger partial charge >= 0.3 is 0 Å². The van der Waals surface area contributed by atoms with Crippen molar-refractivity contribution in [2.75, 3.05) is 20.1 Å². The van der Waals surface area contributed by atoms with Gasteiger partial charge in [-0.15, -0.1) is 11.8 Å². The molecular formula is C12H23N. The third kappa shape index (κ3) is 9.43. The van der Waals surface area contributed by atoms with Crippen molar-refractivity contribution in [2.24, 2.45) is 11.8 Å². The Labute approximate surface area is 83.5 Å². The Morgan fingerprint density at radius 1 is 1.15 bits per heavy atom. The van der Waals surface area contributed by atoms with E-state index in [0.29, 0.717) is 5.92 Å². The zero-order valence-electron chi connectivity index (χ0n) is 9.72. The molecule has 0 bridgehead atoms. The molecule has 0 saturated heterocycles. The molecule has 0 atom stereocenters. The highest BCUT2D eigenvalue weighted by atomic mass is 15.1. The predicted octanol–water partition coefficient (Wildman–Crippen LogP) is 2.62. The number of hydrogen-bond acceptors (Lipinski definition) is 1. The molecular weight excluding hydrogens is 158 g/mol. The molecule has 0 N–H and O–H groups in total. The maximum atomic E-state index is 3.20. The molecule has 0 amide bonds. The molecule has 1 nitrogen and oxygen atoms in total. The highest BCUT2D eigenvalue weighted by Crippen LogP contribution is 1.96. The lowest BCUT2D eigenvalue weighted by Gasteiger charge is -2.17. The maximum absolute atomic E-state index is 3.20. The minimum Gasteiger partial charge on any atom is -0.305 e. The van der Waals surface area contributed by atoms with Gasteiger partial charge in [-0.25, -0.2) is 0 Å². The number of rotatable bonds is 4. The van der Waals surface area contributed by atoms with Gasteiger partial charge in [0.2, 0.25) is 0 Å². The fraction of sp³-hybridized carbons (Fsp3) is 0.833. The average Bonchev–Trinajstić information content (AvgIpc) is 1.96. The molecule has 0 aromatic carbocycles. The third-order valence-electron chi connectivity index (χ3n) is 1.69. The molecule has 0 aliphatic rings. The van der Waals surface area contributed by atoms with Crippen molar-refractivity contribution in [2.45, 2.75) is 34.1 Å². The summed E-state index contributed by atoms with van der Waals surface area (Å²) in [6.45, 7) is 11.0. The van der Waals surface area contributed by atoms with Crippen LogP contribution in [0.2, 0.25) is 0 Å². The number of hydrogen-bond donors (Lipinski definition) is 0. The van der Waals surface area contributed by atoms with E-state index in [1.807, 2.05) is 0 Å². The van der Waals surface area contributed by atoms with Crippen molar-refractivity contribution in [3.63, 3.8) is 0 Å². The SMILES string of the molecule is CC(C)C#CCCN(C)CC(C)C. The average molecular weight is 181 g/mol. The van der Waals surface area contributed by atoms with Crippen LogP contribution in [0, 0.1) is 23.7 Å². The maximum Gasteiger partial charge on any atom is 0.0217 e. The summed E-state index contributed by atoms with van der Waals surface area (Å²) in [7, 11) is 2.16. The lowest BCUT2D eigenvalue weighted by molar-refractivity contribution is 0.302. The summed E-state index contributed by atoms with van der Waals surface area (Å²) < 4.78 is 0. The molecule has 0 aliphatic heterocycles. The van der Waals surface area contributed by atoms with Crippen LogP contribution in [-0.4, -0.2) is 25.0 Å². The van der Waals surface area contributed by atoms with E-state index in [4.69, 9.17) is 0 Å². The monoisotopic (exact) mass is 181 g/mol. The van der Waals surface area contributed by atoms with E-state index in [9.17, 15) is 0 Å². The van der Waals surface area contributed by atoms with Crippen molar-refractivity contribution in [3.8, 4) is 11.8 Å². The zero-order chi connectivity index (χ0) is 10.3. The van der Waals surface area contributed by atoms with E-state index in [0.717, 1.165) is 18.9 Å². The summed E-state index contributed by atoms with van der Waals surface area (Å²) in [5, 5.41) is 0. The molecule has 13 heavy (non-hydrogen) atoms. The second-order valence-electron chi connectivity index (χ2n) is 4.38. The Bertz CT molecular complexity index is 171. The van der Waals surface area contributed by atoms with Crippen LogP contribution in [0.5, 0.6) is 0 Å². The van der Waals surface area contributed by atoms with Gasteiger partial charge in [0, 0.05) is 25.4 Å². The van der Waals surface area contributed by atoms with Crippen molar-refractivity contribution >= 4 is 0 Å². The Balaban J connectivity index is 3.49. The molecule has 0 radical (unpaired) electrons. The summed E-state index contributed by atoms with van der Waals surface area (Å²) in [6.07, 6.45) is 1.00. The van der Waals surface area contributed by atoms with Gasteiger partial charge in [0.05, 0.1) is 0 Å². The predicted molar refractivity (Wildman–Crippen MR) is 59.6 cm³/mol. The molecule has 0 heterocycles. The van der Waals surface area contributed by atoms with Crippen LogP contribution in [-0.2, 0) is 0 Å². The Hall–Kier alpha value is -0.480. The van der Waals surface area contributed by atoms with Gasteiger partial charge in [-0.2, -0.15) is 0 Å². The first-order valence-corrected chi connectivity index (χ1v) is 5.19. The molecule has 1 heteroatoms. The normalized spacial score (nSPS) is 10.8. The highest BCUT2D eigenvalue weighted by Gasteiger charge is 1.99. The van der Waals surface area contributed by atoms with Crippen LogP contribution in [0.4, 0.5) is 0 Å². The minimum atomic E-state index is 0.510. The van der Waals surface area contributed by atoms with Crippen LogP contribution < -0.4 is 0 Å². The van der Waals surface area contributed by atoms with Crippen molar-refractivity contribution in [1.82, 2.24) is 4.90 Å². The van der Waals surface area contributed by atoms with E-state index in [1.54, 1.807) is 0 Å². The largest absolute Gasteiger partial charge is 0.305 e. The Morgan fingerprint density at radius 2 is 1.77 bits per heavy atom. The van der Waals surface area contributed by atoms with Gasteiger partial charge in [0.25, 0.3) is 0 Å². The van der Waals surface area contributed by atoms with Crippen molar-refractivity contribution in [3.05, 3.63) is 0 Å². The van der Waals surface area contributed by atoms with Crippen molar-refractivity contribution in [1.29, 1.82) is 0 Å². The molecule has 0 fully saturated rings. The second-order valence-corrected chi connectivity index (χ2v) is 4.38. The van der Waals surface area contributed by atoms with Gasteiger partial charge in [0.15, 0.2) is 0 Å². The summed E-state index contributed by atoms with van der Waals surface area (Å²) in [5.74, 6) is 7.64. The zero-order valence-corrected chi connectivity index (χ0v) is 9.72. The fourth-order valence-corrected chi connectivity index (χ4v) is 1.24. The first-order chi connectivity index (χ1) is 6.02. The topological polar surface area (TPSA) is 3.24 Å². The Kier molecular flexibility index (Phi) is 6.72. The lowest BCUT2D eigenvalue weighted by Crippen LogP contribution is -2.23. The van der Waals surface area contributed by atoms with Crippen LogP contribution in [0.3, 0.4) is 0 Å². The van der Waals surface area contributed by atoms with E-state index >= 15 is 0 Å². The standard InChI is InChI=1S/C12H23N/c1-11(2)8-6-7-9-13(5)10-12(3)4/h11-12H,7,9-10H2,1-5H3. The first-order valence-electron chi connectivity index (χ1n) is 5.19. The van der Waals surface area contributed by atoms with E-state index in [-0.39, 0.29) is 0 Å². The highest BCUT2D eigenvalue weighted by molar-refractivity contribution is 5.01. The molecule has 0 saturated carbocycles. The Morgan fingerprint density at radius 3 is 2.23 bits per heavy atom. The van der Waals surface area contributed by atoms with Gasteiger partial charge < -0.3 is 4.90 Å². The van der Waals surface area contributed by atoms with Crippen molar-refractivity contribution < 1.29 is 0 Å². The molecule has 0 aromatic heterocycles. The summed E-state index contributed by atoms with van der Waals surface area (Å²) in [4.78, 5) is 2.35. The fourth-order valence-electron chi connectivity index (χ4n) is 1.24. The van der Waals surface area contributed by atoms with Gasteiger partial charge in [0.1, 0.15) is 0 Å². The third-order valence-corrected chi connectivity index (χ3v) is 1.69. The summed E-state index contributed by atoms with van der Waals surface area (Å²) in [6, 6.07) is 0. The summed E-state index contributed by atoms with van der Waals surface area (Å²) in [5.41, 5.74) is 0. The van der Waals surface area contributed by atoms with E-state index in [2.05, 4.69) is 51.5 Å². The first kappa shape index (κ1) is 12.5. The van der Waals surface area contributed by atoms with Gasteiger partial charge in [-0.1, -0.05) is 27.7 Å². The number of nitrogens with zero attached hydrogens (tertiary/aromatic N) is 1. The van der Waals surface area contributed by atoms with Crippen LogP contribution in [0.15, 0.2) is 0 Å². The van der Waals surface area contributed by atoms with Crippen LogP contribution >= 0.6 is 0 Å². The van der Waals surface area contributed by atoms with E-state index in [1.165, 1.54) is 6.54 Å². The molecule has 0 aliphatic carbocycles. The quantitative estimate of drug-likeness (QED) is 0.603. The van der Waals surface area contributed by atoms with Crippen LogP contribution in [0.1, 0.15) is 34.1 Å². The molecule has 0 spiro atoms. The molecule has 0 aromatic rings. The second kappa shape index (κ2) is 6.97. The van der Waals surface area contributed by atoms with E-state index < -0.39 is 0 Å². The minimum absolute atomic E-state index is 0.510. The molecule has 0 unspecified atom stereocenters. The van der Waals surface area contributed by atoms with Gasteiger partial charge in [-0.05, 0) is 13.0 Å². The molecule has 76 valence electrons. The molecule has 0 rings (SSSR count). The van der Waals surface area contributed by atoms with Crippen LogP contribution in [0.25, 0.3) is 0 Å².